The number of hydrogen-bond donors (Lipinski definition) is 1. The van der Waals surface area contributed by atoms with E-state index in [1.165, 1.54) is 6.42 Å². The quantitative estimate of drug-likeness (QED) is 0.388. The van der Waals surface area contributed by atoms with Crippen LogP contribution < -0.4 is 10.1 Å². The molecule has 0 bridgehead atoms. The molecule has 0 atom stereocenters. The first kappa shape index (κ1) is 16.0. The molecule has 0 spiro atoms. The van der Waals surface area contributed by atoms with Crippen LogP contribution >= 0.6 is 0 Å². The largest absolute Gasteiger partial charge is 0.486 e. The number of halogens is 5. The van der Waals surface area contributed by atoms with E-state index in [9.17, 15) is 22.0 Å². The van der Waals surface area contributed by atoms with Gasteiger partial charge in [0.15, 0.2) is 5.75 Å². The molecule has 1 aliphatic rings. The second kappa shape index (κ2) is 7.06. The minimum atomic E-state index is -2.18. The number of hydrogen-bond acceptors (Lipinski definition) is 2. The third-order valence-electron chi connectivity index (χ3n) is 3.56. The maximum Gasteiger partial charge on any atom is 0.206 e. The molecule has 1 aliphatic carbocycles. The first-order valence-corrected chi connectivity index (χ1v) is 6.90. The normalized spacial score (nSPS) is 16.2. The fourth-order valence-electron chi connectivity index (χ4n) is 2.43. The van der Waals surface area contributed by atoms with Gasteiger partial charge in [0, 0.05) is 12.6 Å². The smallest absolute Gasteiger partial charge is 0.206 e. The van der Waals surface area contributed by atoms with Gasteiger partial charge in [-0.25, -0.2) is 13.2 Å². The summed E-state index contributed by atoms with van der Waals surface area (Å²) in [5, 5.41) is 3.14. The van der Waals surface area contributed by atoms with Crippen LogP contribution in [0.1, 0.15) is 32.1 Å². The average molecular weight is 309 g/mol. The molecule has 0 saturated heterocycles. The van der Waals surface area contributed by atoms with E-state index in [1.807, 2.05) is 0 Å². The first-order chi connectivity index (χ1) is 10.0. The molecule has 118 valence electrons. The molecular weight excluding hydrogens is 293 g/mol. The Morgan fingerprint density at radius 2 is 1.33 bits per heavy atom. The summed E-state index contributed by atoms with van der Waals surface area (Å²) in [6.07, 6.45) is 5.47. The topological polar surface area (TPSA) is 21.3 Å². The summed E-state index contributed by atoms with van der Waals surface area (Å²) in [4.78, 5) is 0. The summed E-state index contributed by atoms with van der Waals surface area (Å²) in [5.41, 5.74) is 0. The van der Waals surface area contributed by atoms with E-state index in [-0.39, 0.29) is 13.2 Å². The van der Waals surface area contributed by atoms with E-state index >= 15 is 0 Å². The summed E-state index contributed by atoms with van der Waals surface area (Å²) in [6, 6.07) is 0.318. The number of rotatable bonds is 5. The fourth-order valence-corrected chi connectivity index (χ4v) is 2.43. The second-order valence-corrected chi connectivity index (χ2v) is 5.04. The molecule has 7 heteroatoms. The van der Waals surface area contributed by atoms with Crippen molar-refractivity contribution in [3.05, 3.63) is 29.1 Å². The average Bonchev–Trinajstić information content (AvgIpc) is 2.51. The molecule has 1 N–H and O–H groups in total. The van der Waals surface area contributed by atoms with Crippen molar-refractivity contribution < 1.29 is 26.7 Å². The molecule has 2 nitrogen and oxygen atoms in total. The van der Waals surface area contributed by atoms with Crippen molar-refractivity contribution in [3.8, 4) is 5.75 Å². The third-order valence-corrected chi connectivity index (χ3v) is 3.56. The van der Waals surface area contributed by atoms with Crippen LogP contribution in [0.15, 0.2) is 0 Å². The molecule has 2 rings (SSSR count). The molecule has 0 aliphatic heterocycles. The van der Waals surface area contributed by atoms with Crippen molar-refractivity contribution in [2.24, 2.45) is 0 Å². The molecule has 1 fully saturated rings. The molecule has 21 heavy (non-hydrogen) atoms. The molecule has 0 amide bonds. The molecule has 0 unspecified atom stereocenters. The highest BCUT2D eigenvalue weighted by Crippen LogP contribution is 2.28. The maximum atomic E-state index is 13.3. The van der Waals surface area contributed by atoms with Crippen molar-refractivity contribution in [1.29, 1.82) is 0 Å². The number of nitrogens with one attached hydrogen (secondary N) is 1. The molecule has 1 aromatic carbocycles. The lowest BCUT2D eigenvalue weighted by Crippen LogP contribution is -2.34. The van der Waals surface area contributed by atoms with Crippen LogP contribution in [-0.2, 0) is 0 Å². The predicted octanol–water partition coefficient (Wildman–Crippen LogP) is 3.68. The predicted molar refractivity (Wildman–Crippen MR) is 66.6 cm³/mol. The van der Waals surface area contributed by atoms with Crippen LogP contribution in [-0.4, -0.2) is 19.2 Å². The van der Waals surface area contributed by atoms with E-state index in [4.69, 9.17) is 4.74 Å². The molecule has 0 aromatic heterocycles. The van der Waals surface area contributed by atoms with Crippen LogP contribution in [0.25, 0.3) is 0 Å². The zero-order valence-electron chi connectivity index (χ0n) is 11.3. The summed E-state index contributed by atoms with van der Waals surface area (Å²) in [5.74, 6) is -11.3. The lowest BCUT2D eigenvalue weighted by Gasteiger charge is -2.22. The van der Waals surface area contributed by atoms with Gasteiger partial charge in [-0.3, -0.25) is 0 Å². The van der Waals surface area contributed by atoms with Crippen LogP contribution in [0.3, 0.4) is 0 Å². The second-order valence-electron chi connectivity index (χ2n) is 5.04. The van der Waals surface area contributed by atoms with Crippen LogP contribution in [0.2, 0.25) is 0 Å². The summed E-state index contributed by atoms with van der Waals surface area (Å²) >= 11 is 0. The van der Waals surface area contributed by atoms with Crippen LogP contribution in [0.4, 0.5) is 22.0 Å². The van der Waals surface area contributed by atoms with E-state index in [0.29, 0.717) is 6.04 Å². The van der Waals surface area contributed by atoms with Gasteiger partial charge in [0.2, 0.25) is 29.1 Å². The third kappa shape index (κ3) is 3.64. The first-order valence-electron chi connectivity index (χ1n) is 6.90. The highest BCUT2D eigenvalue weighted by Gasteiger charge is 2.26. The van der Waals surface area contributed by atoms with Crippen LogP contribution in [0.5, 0.6) is 5.75 Å². The van der Waals surface area contributed by atoms with Gasteiger partial charge in [-0.15, -0.1) is 0 Å². The zero-order valence-corrected chi connectivity index (χ0v) is 11.3. The molecule has 0 radical (unpaired) electrons. The highest BCUT2D eigenvalue weighted by molar-refractivity contribution is 5.29. The van der Waals surface area contributed by atoms with E-state index in [1.54, 1.807) is 0 Å². The molecule has 0 heterocycles. The maximum absolute atomic E-state index is 13.3. The summed E-state index contributed by atoms with van der Waals surface area (Å²) in [6.45, 7) is 0.110. The van der Waals surface area contributed by atoms with Crippen molar-refractivity contribution >= 4 is 0 Å². The van der Waals surface area contributed by atoms with Crippen molar-refractivity contribution in [2.45, 2.75) is 38.1 Å². The number of ether oxygens (including phenoxy) is 1. The van der Waals surface area contributed by atoms with E-state index < -0.39 is 34.8 Å². The lowest BCUT2D eigenvalue weighted by molar-refractivity contribution is 0.251. The van der Waals surface area contributed by atoms with Gasteiger partial charge in [-0.2, -0.15) is 8.78 Å². The fraction of sp³-hybridized carbons (Fsp3) is 0.571. The minimum Gasteiger partial charge on any atom is -0.486 e. The van der Waals surface area contributed by atoms with Crippen LogP contribution in [0, 0.1) is 29.1 Å². The Balaban J connectivity index is 1.91. The Hall–Kier alpha value is -1.37. The molecule has 1 aromatic rings. The summed E-state index contributed by atoms with van der Waals surface area (Å²) in [7, 11) is 0. The lowest BCUT2D eigenvalue weighted by atomic mass is 9.96. The Kier molecular flexibility index (Phi) is 5.39. The Morgan fingerprint density at radius 3 is 1.90 bits per heavy atom. The Morgan fingerprint density at radius 1 is 0.810 bits per heavy atom. The van der Waals surface area contributed by atoms with Crippen molar-refractivity contribution in [3.63, 3.8) is 0 Å². The SMILES string of the molecule is Fc1c(F)c(F)c(OCCNC2CCCCC2)c(F)c1F. The van der Waals surface area contributed by atoms with Gasteiger partial charge >= 0.3 is 0 Å². The highest BCUT2D eigenvalue weighted by atomic mass is 19.2. The molecular formula is C14H16F5NO. The Bertz CT molecular complexity index is 474. The van der Waals surface area contributed by atoms with Gasteiger partial charge in [0.25, 0.3) is 0 Å². The standard InChI is InChI=1S/C14H16F5NO/c15-9-10(16)12(18)14(13(19)11(9)17)21-7-6-20-8-4-2-1-3-5-8/h8,20H,1-7H2. The van der Waals surface area contributed by atoms with Gasteiger partial charge in [-0.1, -0.05) is 19.3 Å². The monoisotopic (exact) mass is 309 g/mol. The van der Waals surface area contributed by atoms with E-state index in [2.05, 4.69) is 5.32 Å². The van der Waals surface area contributed by atoms with Crippen molar-refractivity contribution in [2.75, 3.05) is 13.2 Å². The van der Waals surface area contributed by atoms with E-state index in [0.717, 1.165) is 25.7 Å². The van der Waals surface area contributed by atoms with Gasteiger partial charge < -0.3 is 10.1 Å². The minimum absolute atomic E-state index is 0.172. The number of benzene rings is 1. The molecule has 1 saturated carbocycles. The Labute approximate surface area is 119 Å². The van der Waals surface area contributed by atoms with Gasteiger partial charge in [0.05, 0.1) is 0 Å². The van der Waals surface area contributed by atoms with Crippen molar-refractivity contribution in [1.82, 2.24) is 5.32 Å². The van der Waals surface area contributed by atoms with Gasteiger partial charge in [0.1, 0.15) is 6.61 Å². The summed E-state index contributed by atoms with van der Waals surface area (Å²) < 4.78 is 70.1. The van der Waals surface area contributed by atoms with Gasteiger partial charge in [-0.05, 0) is 12.8 Å². The zero-order chi connectivity index (χ0) is 15.4.